The maximum Gasteiger partial charge on any atom is 0.255 e. The summed E-state index contributed by atoms with van der Waals surface area (Å²) in [5, 5.41) is 20.5. The molecule has 28 heavy (non-hydrogen) atoms. The molecule has 0 unspecified atom stereocenters. The Bertz CT molecular complexity index is 1190. The molecule has 4 rings (SSSR count). The Balaban J connectivity index is 1.63. The zero-order valence-corrected chi connectivity index (χ0v) is 16.1. The molecular weight excluding hydrogens is 407 g/mol. The van der Waals surface area contributed by atoms with Crippen LogP contribution < -0.4 is 10.5 Å². The van der Waals surface area contributed by atoms with Gasteiger partial charge in [0.05, 0.1) is 23.0 Å². The highest BCUT2D eigenvalue weighted by Crippen LogP contribution is 2.33. The van der Waals surface area contributed by atoms with Crippen molar-refractivity contribution in [1.82, 2.24) is 4.98 Å². The molecule has 0 bridgehead atoms. The summed E-state index contributed by atoms with van der Waals surface area (Å²) in [5.74, 6) is -1.27. The molecule has 3 N–H and O–H groups in total. The van der Waals surface area contributed by atoms with Gasteiger partial charge in [-0.1, -0.05) is 0 Å². The minimum Gasteiger partial charge on any atom is -0.389 e. The van der Waals surface area contributed by atoms with Crippen LogP contribution in [0.15, 0.2) is 45.5 Å². The standard InChI is InChI=1S/C18H17FN2O5S2/c19-13-6-10-3-4-20-18(24)12(10)5-11(13)9-28(25,26)17-2-1-16(27-17)21-7-14(22)15(23)8-21/h1-6,14-15,22-23H,7-9H2,(H,20,24)/t14-,15-/m0/s1. The molecule has 3 aromatic rings. The lowest BCUT2D eigenvalue weighted by Gasteiger charge is -2.14. The number of benzene rings is 1. The third-order valence-electron chi connectivity index (χ3n) is 4.73. The second-order valence-electron chi connectivity index (χ2n) is 6.73. The number of β-amino-alcohol motifs (C(OH)–C–C–N with tert-alkyl or cyclic N) is 2. The van der Waals surface area contributed by atoms with E-state index in [4.69, 9.17) is 0 Å². The van der Waals surface area contributed by atoms with Crippen molar-refractivity contribution in [3.05, 3.63) is 58.3 Å². The van der Waals surface area contributed by atoms with Crippen molar-refractivity contribution >= 4 is 36.9 Å². The van der Waals surface area contributed by atoms with Crippen molar-refractivity contribution in [2.45, 2.75) is 22.2 Å². The van der Waals surface area contributed by atoms with Crippen LogP contribution in [0.3, 0.4) is 0 Å². The minimum absolute atomic E-state index is 0.0554. The molecular formula is C18H17FN2O5S2. The monoisotopic (exact) mass is 424 g/mol. The summed E-state index contributed by atoms with van der Waals surface area (Å²) in [6.45, 7) is 0.423. The first-order chi connectivity index (χ1) is 13.2. The van der Waals surface area contributed by atoms with Crippen LogP contribution in [0.4, 0.5) is 9.39 Å². The van der Waals surface area contributed by atoms with E-state index in [0.717, 1.165) is 17.4 Å². The number of nitrogens with zero attached hydrogens (tertiary/aromatic N) is 1. The number of rotatable bonds is 4. The molecule has 7 nitrogen and oxygen atoms in total. The number of aliphatic hydroxyl groups is 2. The van der Waals surface area contributed by atoms with Crippen molar-refractivity contribution < 1.29 is 23.0 Å². The molecule has 0 radical (unpaired) electrons. The summed E-state index contributed by atoms with van der Waals surface area (Å²) in [6, 6.07) is 7.00. The summed E-state index contributed by atoms with van der Waals surface area (Å²) < 4.78 is 40.0. The van der Waals surface area contributed by atoms with Crippen LogP contribution in [0.1, 0.15) is 5.56 Å². The van der Waals surface area contributed by atoms with Crippen LogP contribution in [0, 0.1) is 5.82 Å². The van der Waals surface area contributed by atoms with E-state index < -0.39 is 39.2 Å². The molecule has 0 saturated carbocycles. The van der Waals surface area contributed by atoms with Crippen LogP contribution in [-0.2, 0) is 15.6 Å². The molecule has 0 aliphatic carbocycles. The molecule has 1 fully saturated rings. The second-order valence-corrected chi connectivity index (χ2v) is 10.0. The van der Waals surface area contributed by atoms with E-state index in [-0.39, 0.29) is 28.2 Å². The number of hydrogen-bond donors (Lipinski definition) is 3. The number of H-pyrrole nitrogens is 1. The van der Waals surface area contributed by atoms with Gasteiger partial charge in [0.25, 0.3) is 5.56 Å². The zero-order chi connectivity index (χ0) is 20.1. The molecule has 2 aromatic heterocycles. The zero-order valence-electron chi connectivity index (χ0n) is 14.5. The van der Waals surface area contributed by atoms with Gasteiger partial charge in [0, 0.05) is 30.2 Å². The molecule has 0 spiro atoms. The third kappa shape index (κ3) is 3.44. The first-order valence-electron chi connectivity index (χ1n) is 8.48. The van der Waals surface area contributed by atoms with Crippen LogP contribution >= 0.6 is 11.3 Å². The number of aromatic amines is 1. The number of aliphatic hydroxyl groups excluding tert-OH is 2. The largest absolute Gasteiger partial charge is 0.389 e. The van der Waals surface area contributed by atoms with Gasteiger partial charge >= 0.3 is 0 Å². The normalized spacial score (nSPS) is 20.2. The average molecular weight is 424 g/mol. The van der Waals surface area contributed by atoms with E-state index >= 15 is 0 Å². The van der Waals surface area contributed by atoms with E-state index in [0.29, 0.717) is 10.4 Å². The molecule has 1 aliphatic heterocycles. The number of aromatic nitrogens is 1. The van der Waals surface area contributed by atoms with Gasteiger partial charge in [-0.15, -0.1) is 11.3 Å². The van der Waals surface area contributed by atoms with Crippen LogP contribution in [0.5, 0.6) is 0 Å². The summed E-state index contributed by atoms with van der Waals surface area (Å²) in [7, 11) is -3.84. The predicted molar refractivity (Wildman–Crippen MR) is 104 cm³/mol. The van der Waals surface area contributed by atoms with Gasteiger partial charge in [0.2, 0.25) is 0 Å². The van der Waals surface area contributed by atoms with Gasteiger partial charge in [0.1, 0.15) is 10.0 Å². The first-order valence-corrected chi connectivity index (χ1v) is 10.9. The summed E-state index contributed by atoms with van der Waals surface area (Å²) in [6.07, 6.45) is -0.362. The number of thiophene rings is 1. The van der Waals surface area contributed by atoms with Gasteiger partial charge in [-0.3, -0.25) is 4.79 Å². The van der Waals surface area contributed by atoms with E-state index in [1.165, 1.54) is 18.3 Å². The molecule has 2 atom stereocenters. The van der Waals surface area contributed by atoms with Gasteiger partial charge in [-0.2, -0.15) is 0 Å². The summed E-state index contributed by atoms with van der Waals surface area (Å²) in [4.78, 5) is 16.1. The Morgan fingerprint density at radius 3 is 2.61 bits per heavy atom. The first kappa shape index (κ1) is 19.1. The second kappa shape index (κ2) is 6.96. The number of pyridine rings is 1. The predicted octanol–water partition coefficient (Wildman–Crippen LogP) is 1.24. The van der Waals surface area contributed by atoms with E-state index in [1.807, 2.05) is 0 Å². The van der Waals surface area contributed by atoms with Crippen LogP contribution in [0.2, 0.25) is 0 Å². The Hall–Kier alpha value is -2.27. The van der Waals surface area contributed by atoms with E-state index in [1.54, 1.807) is 17.0 Å². The van der Waals surface area contributed by atoms with Crippen molar-refractivity contribution in [1.29, 1.82) is 0 Å². The summed E-state index contributed by atoms with van der Waals surface area (Å²) in [5.41, 5.74) is -0.494. The third-order valence-corrected chi connectivity index (χ3v) is 8.12. The molecule has 1 saturated heterocycles. The Kier molecular flexibility index (Phi) is 4.74. The lowest BCUT2D eigenvalue weighted by molar-refractivity contribution is 0.0572. The maximum absolute atomic E-state index is 14.4. The van der Waals surface area contributed by atoms with Crippen molar-refractivity contribution in [3.63, 3.8) is 0 Å². The van der Waals surface area contributed by atoms with Gasteiger partial charge in [-0.25, -0.2) is 12.8 Å². The SMILES string of the molecule is O=c1[nH]ccc2cc(F)c(CS(=O)(=O)c3ccc(N4C[C@H](O)[C@@H](O)C4)s3)cc12. The molecule has 3 heterocycles. The number of halogens is 1. The Labute approximate surface area is 163 Å². The fraction of sp³-hybridized carbons (Fsp3) is 0.278. The quantitative estimate of drug-likeness (QED) is 0.581. The molecule has 0 amide bonds. The fourth-order valence-electron chi connectivity index (χ4n) is 3.24. The molecule has 10 heteroatoms. The minimum atomic E-state index is -3.84. The number of anilines is 1. The van der Waals surface area contributed by atoms with Gasteiger partial charge < -0.3 is 20.1 Å². The van der Waals surface area contributed by atoms with Gasteiger partial charge in [0.15, 0.2) is 9.84 Å². The van der Waals surface area contributed by atoms with Crippen LogP contribution in [0.25, 0.3) is 10.8 Å². The lowest BCUT2D eigenvalue weighted by Crippen LogP contribution is -2.22. The Morgan fingerprint density at radius 1 is 1.18 bits per heavy atom. The molecule has 1 aromatic carbocycles. The van der Waals surface area contributed by atoms with Gasteiger partial charge in [-0.05, 0) is 35.7 Å². The van der Waals surface area contributed by atoms with Crippen molar-refractivity contribution in [2.75, 3.05) is 18.0 Å². The summed E-state index contributed by atoms with van der Waals surface area (Å²) >= 11 is 0.998. The number of sulfone groups is 1. The van der Waals surface area contributed by atoms with Crippen molar-refractivity contribution in [3.8, 4) is 0 Å². The maximum atomic E-state index is 14.4. The van der Waals surface area contributed by atoms with Crippen molar-refractivity contribution in [2.24, 2.45) is 0 Å². The number of nitrogens with one attached hydrogen (secondary N) is 1. The topological polar surface area (TPSA) is 111 Å². The fourth-order valence-corrected chi connectivity index (χ4v) is 5.98. The number of hydrogen-bond acceptors (Lipinski definition) is 7. The smallest absolute Gasteiger partial charge is 0.255 e. The highest BCUT2D eigenvalue weighted by atomic mass is 32.2. The van der Waals surface area contributed by atoms with E-state index in [9.17, 15) is 27.8 Å². The Morgan fingerprint density at radius 2 is 1.89 bits per heavy atom. The molecule has 1 aliphatic rings. The van der Waals surface area contributed by atoms with Crippen LogP contribution in [-0.4, -0.2) is 48.9 Å². The highest BCUT2D eigenvalue weighted by Gasteiger charge is 2.31. The average Bonchev–Trinajstić information content (AvgIpc) is 3.24. The number of fused-ring (bicyclic) bond motifs is 1. The molecule has 148 valence electrons. The lowest BCUT2D eigenvalue weighted by atomic mass is 10.1. The highest BCUT2D eigenvalue weighted by molar-refractivity contribution is 7.92. The van der Waals surface area contributed by atoms with E-state index in [2.05, 4.69) is 4.98 Å².